The van der Waals surface area contributed by atoms with Crippen LogP contribution in [0.2, 0.25) is 0 Å². The van der Waals surface area contributed by atoms with Crippen LogP contribution in [0.4, 0.5) is 5.82 Å². The molecule has 2 aromatic heterocycles. The van der Waals surface area contributed by atoms with E-state index in [-0.39, 0.29) is 11.5 Å². The number of aromatic amines is 2. The molecule has 7 nitrogen and oxygen atoms in total. The zero-order valence-corrected chi connectivity index (χ0v) is 13.6. The van der Waals surface area contributed by atoms with E-state index in [1.165, 1.54) is 6.07 Å². The highest BCUT2D eigenvalue weighted by atomic mass is 32.2. The molecule has 2 rings (SSSR count). The maximum atomic E-state index is 11.9. The molecule has 0 spiro atoms. The zero-order chi connectivity index (χ0) is 15.9. The number of nitrogens with one attached hydrogen (secondary N) is 3. The van der Waals surface area contributed by atoms with E-state index in [0.29, 0.717) is 22.6 Å². The van der Waals surface area contributed by atoms with E-state index in [4.69, 9.17) is 0 Å². The first-order chi connectivity index (χ1) is 10.6. The number of hydrogen-bond acceptors (Lipinski definition) is 5. The van der Waals surface area contributed by atoms with Gasteiger partial charge >= 0.3 is 0 Å². The van der Waals surface area contributed by atoms with Crippen LogP contribution in [-0.4, -0.2) is 57.1 Å². The summed E-state index contributed by atoms with van der Waals surface area (Å²) in [5, 5.41) is 10.2. The molecule has 0 aliphatic heterocycles. The summed E-state index contributed by atoms with van der Waals surface area (Å²) < 4.78 is 0. The number of pyridine rings is 1. The van der Waals surface area contributed by atoms with Crippen molar-refractivity contribution in [3.63, 3.8) is 0 Å². The predicted octanol–water partition coefficient (Wildman–Crippen LogP) is 1.26. The van der Waals surface area contributed by atoms with E-state index in [1.54, 1.807) is 17.8 Å². The van der Waals surface area contributed by atoms with Gasteiger partial charge in [-0.3, -0.25) is 14.7 Å². The van der Waals surface area contributed by atoms with Gasteiger partial charge < -0.3 is 15.2 Å². The molecule has 0 bridgehead atoms. The van der Waals surface area contributed by atoms with Crippen LogP contribution in [-0.2, 0) is 4.79 Å². The maximum Gasteiger partial charge on any atom is 0.249 e. The third-order valence-corrected chi connectivity index (χ3v) is 4.33. The van der Waals surface area contributed by atoms with E-state index in [1.807, 2.05) is 0 Å². The van der Waals surface area contributed by atoms with Crippen LogP contribution in [0.1, 0.15) is 13.8 Å². The van der Waals surface area contributed by atoms with Crippen molar-refractivity contribution in [1.29, 1.82) is 0 Å². The summed E-state index contributed by atoms with van der Waals surface area (Å²) >= 11 is 1.60. The van der Waals surface area contributed by atoms with Crippen molar-refractivity contribution >= 4 is 34.5 Å². The van der Waals surface area contributed by atoms with Crippen LogP contribution >= 0.6 is 11.8 Å². The topological polar surface area (TPSA) is 93.9 Å². The maximum absolute atomic E-state index is 11.9. The molecule has 0 aliphatic carbocycles. The summed E-state index contributed by atoms with van der Waals surface area (Å²) in [4.78, 5) is 28.1. The highest BCUT2D eigenvalue weighted by Gasteiger charge is 2.09. The van der Waals surface area contributed by atoms with Crippen molar-refractivity contribution < 1.29 is 4.79 Å². The fraction of sp³-hybridized carbons (Fsp3) is 0.500. The van der Waals surface area contributed by atoms with E-state index in [9.17, 15) is 9.59 Å². The number of carbonyl (C=O) groups excluding carboxylic acids is 1. The van der Waals surface area contributed by atoms with Crippen LogP contribution in [0.15, 0.2) is 16.9 Å². The molecule has 0 unspecified atom stereocenters. The highest BCUT2D eigenvalue weighted by Crippen LogP contribution is 2.16. The van der Waals surface area contributed by atoms with Gasteiger partial charge in [-0.1, -0.05) is 13.8 Å². The van der Waals surface area contributed by atoms with Gasteiger partial charge in [0.2, 0.25) is 11.5 Å². The fourth-order valence-corrected chi connectivity index (χ4v) is 2.88. The van der Waals surface area contributed by atoms with Crippen molar-refractivity contribution in [3.05, 3.63) is 22.5 Å². The van der Waals surface area contributed by atoms with E-state index < -0.39 is 0 Å². The van der Waals surface area contributed by atoms with Crippen molar-refractivity contribution in [2.45, 2.75) is 13.8 Å². The third kappa shape index (κ3) is 4.35. The van der Waals surface area contributed by atoms with Gasteiger partial charge in [-0.15, -0.1) is 0 Å². The Morgan fingerprint density at radius 1 is 1.36 bits per heavy atom. The normalized spacial score (nSPS) is 11.2. The Hall–Kier alpha value is -1.80. The van der Waals surface area contributed by atoms with Crippen LogP contribution in [0.25, 0.3) is 11.0 Å². The molecule has 0 aliphatic rings. The Kier molecular flexibility index (Phi) is 6.02. The number of amides is 1. The lowest BCUT2D eigenvalue weighted by atomic mass is 10.3. The first-order valence-corrected chi connectivity index (χ1v) is 8.46. The van der Waals surface area contributed by atoms with Crippen molar-refractivity contribution in [1.82, 2.24) is 20.1 Å². The molecular formula is C14H21N5O2S. The van der Waals surface area contributed by atoms with Gasteiger partial charge in [0, 0.05) is 18.4 Å². The molecule has 22 heavy (non-hydrogen) atoms. The lowest BCUT2D eigenvalue weighted by Gasteiger charge is -2.17. The molecule has 8 heteroatoms. The second-order valence-electron chi connectivity index (χ2n) is 4.81. The van der Waals surface area contributed by atoms with Gasteiger partial charge in [0.25, 0.3) is 0 Å². The number of rotatable bonds is 8. The summed E-state index contributed by atoms with van der Waals surface area (Å²) in [5.74, 6) is 1.75. The molecule has 0 saturated heterocycles. The number of aromatic nitrogens is 3. The summed E-state index contributed by atoms with van der Waals surface area (Å²) in [6, 6.07) is 3.05. The van der Waals surface area contributed by atoms with Crippen molar-refractivity contribution in [2.24, 2.45) is 0 Å². The Morgan fingerprint density at radius 3 is 2.86 bits per heavy atom. The summed E-state index contributed by atoms with van der Waals surface area (Å²) in [7, 11) is 0. The minimum Gasteiger partial charge on any atom is -0.310 e. The van der Waals surface area contributed by atoms with Gasteiger partial charge in [0.05, 0.1) is 11.1 Å². The molecule has 0 radical (unpaired) electrons. The number of H-pyrrole nitrogens is 2. The summed E-state index contributed by atoms with van der Waals surface area (Å²) in [6.45, 7) is 7.31. The average molecular weight is 323 g/mol. The van der Waals surface area contributed by atoms with E-state index >= 15 is 0 Å². The highest BCUT2D eigenvalue weighted by molar-refractivity contribution is 7.99. The minimum absolute atomic E-state index is 0.0821. The predicted molar refractivity (Wildman–Crippen MR) is 90.5 cm³/mol. The second kappa shape index (κ2) is 8.00. The molecule has 120 valence electrons. The average Bonchev–Trinajstić information content (AvgIpc) is 2.89. The lowest BCUT2D eigenvalue weighted by Crippen LogP contribution is -2.26. The molecular weight excluding hydrogens is 302 g/mol. The number of fused-ring (bicyclic) bond motifs is 1. The van der Waals surface area contributed by atoms with Crippen LogP contribution < -0.4 is 10.9 Å². The third-order valence-electron chi connectivity index (χ3n) is 3.39. The first-order valence-electron chi connectivity index (χ1n) is 7.31. The molecule has 2 heterocycles. The monoisotopic (exact) mass is 323 g/mol. The molecule has 0 fully saturated rings. The number of hydrogen-bond donors (Lipinski definition) is 3. The standard InChI is InChI=1S/C14H21N5O2S/c1-3-19(4-2)7-8-22-9-12(21)16-14-10-5-6-11(20)15-13(10)17-18-14/h5-6H,3-4,7-9H2,1-2H3,(H3,15,16,17,18,20,21). The smallest absolute Gasteiger partial charge is 0.249 e. The fourth-order valence-electron chi connectivity index (χ4n) is 2.09. The van der Waals surface area contributed by atoms with E-state index in [0.717, 1.165) is 25.4 Å². The lowest BCUT2D eigenvalue weighted by molar-refractivity contribution is -0.113. The van der Waals surface area contributed by atoms with Gasteiger partial charge in [0.15, 0.2) is 5.65 Å². The summed E-state index contributed by atoms with van der Waals surface area (Å²) in [6.07, 6.45) is 0. The number of carbonyl (C=O) groups is 1. The van der Waals surface area contributed by atoms with Crippen LogP contribution in [0, 0.1) is 0 Å². The van der Waals surface area contributed by atoms with Gasteiger partial charge in [-0.05, 0) is 19.2 Å². The van der Waals surface area contributed by atoms with Gasteiger partial charge in [0.1, 0.15) is 5.82 Å². The molecule has 0 aromatic carbocycles. The zero-order valence-electron chi connectivity index (χ0n) is 12.8. The van der Waals surface area contributed by atoms with Crippen molar-refractivity contribution in [3.8, 4) is 0 Å². The van der Waals surface area contributed by atoms with Crippen LogP contribution in [0.5, 0.6) is 0 Å². The Balaban J connectivity index is 1.82. The summed E-state index contributed by atoms with van der Waals surface area (Å²) in [5.41, 5.74) is 0.223. The molecule has 0 atom stereocenters. The van der Waals surface area contributed by atoms with Crippen molar-refractivity contribution in [2.75, 3.05) is 36.5 Å². The van der Waals surface area contributed by atoms with Gasteiger partial charge in [-0.25, -0.2) is 0 Å². The molecule has 2 aromatic rings. The van der Waals surface area contributed by atoms with Crippen LogP contribution in [0.3, 0.4) is 0 Å². The number of anilines is 1. The Labute approximate surface area is 132 Å². The van der Waals surface area contributed by atoms with E-state index in [2.05, 4.69) is 39.2 Å². The first kappa shape index (κ1) is 16.6. The Morgan fingerprint density at radius 2 is 2.14 bits per heavy atom. The number of thioether (sulfide) groups is 1. The van der Waals surface area contributed by atoms with Gasteiger partial charge in [-0.2, -0.15) is 16.9 Å². The Bertz CT molecular complexity index is 677. The largest absolute Gasteiger partial charge is 0.310 e. The molecule has 1 amide bonds. The molecule has 3 N–H and O–H groups in total. The molecule has 0 saturated carbocycles. The second-order valence-corrected chi connectivity index (χ2v) is 5.92. The minimum atomic E-state index is -0.219. The number of nitrogens with zero attached hydrogens (tertiary/aromatic N) is 2. The quantitative estimate of drug-likeness (QED) is 0.636. The SMILES string of the molecule is CCN(CC)CCSCC(=O)Nc1[nH]nc2[nH]c(=O)ccc12.